The van der Waals surface area contributed by atoms with Crippen molar-refractivity contribution < 1.29 is 14.6 Å². The van der Waals surface area contributed by atoms with Gasteiger partial charge in [0.2, 0.25) is 0 Å². The highest BCUT2D eigenvalue weighted by atomic mass is 16.5. The highest BCUT2D eigenvalue weighted by molar-refractivity contribution is 5.75. The lowest BCUT2D eigenvalue weighted by Crippen LogP contribution is -2.07. The van der Waals surface area contributed by atoms with Gasteiger partial charge in [0.25, 0.3) is 0 Å². The van der Waals surface area contributed by atoms with Crippen molar-refractivity contribution in [3.05, 3.63) is 59.9 Å². The summed E-state index contributed by atoms with van der Waals surface area (Å²) in [6, 6.07) is 14.1. The molecule has 0 radical (unpaired) electrons. The number of rotatable bonds is 10. The maximum Gasteiger partial charge on any atom is 0.161 e. The van der Waals surface area contributed by atoms with Crippen molar-refractivity contribution in [3.8, 4) is 11.5 Å². The molecule has 5 heteroatoms. The first-order chi connectivity index (χ1) is 13.8. The number of aryl methyl sites for hydroxylation is 1. The van der Waals surface area contributed by atoms with Crippen molar-refractivity contribution in [3.63, 3.8) is 0 Å². The monoisotopic (exact) mass is 380 g/mol. The highest BCUT2D eigenvalue weighted by Gasteiger charge is 2.10. The van der Waals surface area contributed by atoms with Gasteiger partial charge in [0, 0.05) is 13.0 Å². The van der Waals surface area contributed by atoms with Crippen LogP contribution in [-0.4, -0.2) is 35.0 Å². The molecule has 2 aromatic carbocycles. The Hall–Kier alpha value is -2.79. The molecule has 3 rings (SSSR count). The van der Waals surface area contributed by atoms with Gasteiger partial charge in [-0.2, -0.15) is 0 Å². The molecule has 0 aliphatic rings. The van der Waals surface area contributed by atoms with Crippen LogP contribution < -0.4 is 9.47 Å². The summed E-state index contributed by atoms with van der Waals surface area (Å²) in [7, 11) is 1.66. The number of methoxy groups -OCH3 is 1. The molecule has 0 saturated heterocycles. The number of benzene rings is 2. The average molecular weight is 380 g/mol. The number of imidazole rings is 1. The summed E-state index contributed by atoms with van der Waals surface area (Å²) in [5.74, 6) is 2.46. The first-order valence-electron chi connectivity index (χ1n) is 9.75. The third kappa shape index (κ3) is 4.73. The van der Waals surface area contributed by atoms with E-state index in [-0.39, 0.29) is 6.61 Å². The van der Waals surface area contributed by atoms with Gasteiger partial charge in [-0.05, 0) is 49.6 Å². The van der Waals surface area contributed by atoms with Crippen LogP contribution in [0.15, 0.2) is 48.5 Å². The standard InChI is InChI=1S/C23H28N2O3/c1-3-8-18-11-12-21(22(17-18)27-2)28-16-7-6-14-25-20-10-5-4-9-19(20)24-23(25)13-15-26/h3-5,8-12,17,26H,6-7,13-16H2,1-2H3/b8-3+. The zero-order chi connectivity index (χ0) is 19.8. The van der Waals surface area contributed by atoms with Crippen LogP contribution in [0.1, 0.15) is 31.2 Å². The van der Waals surface area contributed by atoms with Crippen LogP contribution in [-0.2, 0) is 13.0 Å². The number of unbranched alkanes of at least 4 members (excludes halogenated alkanes) is 1. The molecule has 0 aliphatic heterocycles. The van der Waals surface area contributed by atoms with Gasteiger partial charge in [-0.25, -0.2) is 4.98 Å². The van der Waals surface area contributed by atoms with E-state index in [0.717, 1.165) is 53.3 Å². The van der Waals surface area contributed by atoms with Crippen molar-refractivity contribution in [2.24, 2.45) is 0 Å². The normalized spacial score (nSPS) is 11.4. The fourth-order valence-corrected chi connectivity index (χ4v) is 3.32. The van der Waals surface area contributed by atoms with E-state index in [1.54, 1.807) is 7.11 Å². The predicted octanol–water partition coefficient (Wildman–Crippen LogP) is 4.47. The van der Waals surface area contributed by atoms with Gasteiger partial charge in [0.1, 0.15) is 5.82 Å². The van der Waals surface area contributed by atoms with Gasteiger partial charge in [-0.1, -0.05) is 30.4 Å². The molecule has 0 fully saturated rings. The predicted molar refractivity (Wildman–Crippen MR) is 113 cm³/mol. The van der Waals surface area contributed by atoms with Crippen molar-refractivity contribution in [2.75, 3.05) is 20.3 Å². The molecule has 0 aliphatic carbocycles. The number of fused-ring (bicyclic) bond motifs is 1. The summed E-state index contributed by atoms with van der Waals surface area (Å²) in [6.07, 6.45) is 6.50. The van der Waals surface area contributed by atoms with E-state index in [0.29, 0.717) is 13.0 Å². The minimum Gasteiger partial charge on any atom is -0.493 e. The third-order valence-electron chi connectivity index (χ3n) is 4.65. The van der Waals surface area contributed by atoms with Gasteiger partial charge in [0.15, 0.2) is 11.5 Å². The summed E-state index contributed by atoms with van der Waals surface area (Å²) >= 11 is 0. The van der Waals surface area contributed by atoms with Gasteiger partial charge in [-0.3, -0.25) is 0 Å². The molecule has 0 spiro atoms. The summed E-state index contributed by atoms with van der Waals surface area (Å²) in [6.45, 7) is 3.58. The van der Waals surface area contributed by atoms with E-state index in [1.807, 2.05) is 55.5 Å². The quantitative estimate of drug-likeness (QED) is 0.527. The van der Waals surface area contributed by atoms with Crippen LogP contribution in [0.3, 0.4) is 0 Å². The summed E-state index contributed by atoms with van der Waals surface area (Å²) in [4.78, 5) is 4.64. The van der Waals surface area contributed by atoms with Crippen molar-refractivity contribution >= 4 is 17.1 Å². The summed E-state index contributed by atoms with van der Waals surface area (Å²) < 4.78 is 13.6. The number of hydrogen-bond donors (Lipinski definition) is 1. The average Bonchev–Trinajstić information content (AvgIpc) is 3.06. The Kier molecular flexibility index (Phi) is 7.09. The number of aromatic nitrogens is 2. The molecular formula is C23H28N2O3. The van der Waals surface area contributed by atoms with Crippen LogP contribution in [0.25, 0.3) is 17.1 Å². The van der Waals surface area contributed by atoms with E-state index >= 15 is 0 Å². The molecule has 1 heterocycles. The number of hydrogen-bond acceptors (Lipinski definition) is 4. The second-order valence-electron chi connectivity index (χ2n) is 6.61. The number of aliphatic hydroxyl groups excluding tert-OH is 1. The minimum atomic E-state index is 0.107. The first-order valence-corrected chi connectivity index (χ1v) is 9.75. The number of aliphatic hydroxyl groups is 1. The van der Waals surface area contributed by atoms with Gasteiger partial charge in [-0.15, -0.1) is 0 Å². The van der Waals surface area contributed by atoms with Crippen LogP contribution in [0.5, 0.6) is 11.5 Å². The van der Waals surface area contributed by atoms with E-state index in [1.165, 1.54) is 0 Å². The smallest absolute Gasteiger partial charge is 0.161 e. The topological polar surface area (TPSA) is 56.5 Å². The lowest BCUT2D eigenvalue weighted by Gasteiger charge is -2.12. The maximum atomic E-state index is 9.32. The Balaban J connectivity index is 1.57. The highest BCUT2D eigenvalue weighted by Crippen LogP contribution is 2.28. The van der Waals surface area contributed by atoms with Crippen molar-refractivity contribution in [1.82, 2.24) is 9.55 Å². The Morgan fingerprint density at radius 3 is 2.75 bits per heavy atom. The molecule has 0 saturated carbocycles. The van der Waals surface area contributed by atoms with E-state index < -0.39 is 0 Å². The summed E-state index contributed by atoms with van der Waals surface area (Å²) in [5, 5.41) is 9.32. The first kappa shape index (κ1) is 20.0. The van der Waals surface area contributed by atoms with Gasteiger partial charge >= 0.3 is 0 Å². The fourth-order valence-electron chi connectivity index (χ4n) is 3.32. The molecule has 5 nitrogen and oxygen atoms in total. The number of nitrogens with zero attached hydrogens (tertiary/aromatic N) is 2. The van der Waals surface area contributed by atoms with Gasteiger partial charge < -0.3 is 19.1 Å². The largest absolute Gasteiger partial charge is 0.493 e. The number of para-hydroxylation sites is 2. The van der Waals surface area contributed by atoms with Crippen LogP contribution in [0, 0.1) is 0 Å². The zero-order valence-electron chi connectivity index (χ0n) is 16.6. The Bertz CT molecular complexity index is 931. The van der Waals surface area contributed by atoms with Crippen molar-refractivity contribution in [1.29, 1.82) is 0 Å². The maximum absolute atomic E-state index is 9.32. The Morgan fingerprint density at radius 2 is 1.96 bits per heavy atom. The molecule has 3 aromatic rings. The van der Waals surface area contributed by atoms with Crippen LogP contribution in [0.2, 0.25) is 0 Å². The molecule has 0 bridgehead atoms. The van der Waals surface area contributed by atoms with E-state index in [9.17, 15) is 5.11 Å². The number of allylic oxidation sites excluding steroid dienone is 1. The number of ether oxygens (including phenoxy) is 2. The van der Waals surface area contributed by atoms with Crippen LogP contribution >= 0.6 is 0 Å². The molecular weight excluding hydrogens is 352 g/mol. The van der Waals surface area contributed by atoms with Crippen molar-refractivity contribution in [2.45, 2.75) is 32.7 Å². The Morgan fingerprint density at radius 1 is 1.11 bits per heavy atom. The molecule has 1 N–H and O–H groups in total. The van der Waals surface area contributed by atoms with E-state index in [2.05, 4.69) is 15.6 Å². The summed E-state index contributed by atoms with van der Waals surface area (Å²) in [5.41, 5.74) is 3.19. The second kappa shape index (κ2) is 9.95. The lowest BCUT2D eigenvalue weighted by molar-refractivity contribution is 0.282. The minimum absolute atomic E-state index is 0.107. The van der Waals surface area contributed by atoms with Crippen LogP contribution in [0.4, 0.5) is 0 Å². The zero-order valence-corrected chi connectivity index (χ0v) is 16.6. The molecule has 0 unspecified atom stereocenters. The fraction of sp³-hybridized carbons (Fsp3) is 0.348. The van der Waals surface area contributed by atoms with Gasteiger partial charge in [0.05, 0.1) is 31.4 Å². The molecule has 1 aromatic heterocycles. The Labute approximate surface area is 166 Å². The molecule has 0 atom stereocenters. The molecule has 0 amide bonds. The molecule has 148 valence electrons. The van der Waals surface area contributed by atoms with E-state index in [4.69, 9.17) is 9.47 Å². The second-order valence-corrected chi connectivity index (χ2v) is 6.61. The third-order valence-corrected chi connectivity index (χ3v) is 4.65. The molecule has 28 heavy (non-hydrogen) atoms. The SMILES string of the molecule is C/C=C/c1ccc(OCCCCn2c(CCO)nc3ccccc32)c(OC)c1. The lowest BCUT2D eigenvalue weighted by atomic mass is 10.2.